The fourth-order valence-corrected chi connectivity index (χ4v) is 3.56. The average molecular weight is 265 g/mol. The lowest BCUT2D eigenvalue weighted by Crippen LogP contribution is -2.62. The van der Waals surface area contributed by atoms with Gasteiger partial charge in [0, 0.05) is 36.9 Å². The molecule has 0 bridgehead atoms. The van der Waals surface area contributed by atoms with E-state index < -0.39 is 0 Å². The number of aliphatic hydroxyl groups is 1. The van der Waals surface area contributed by atoms with E-state index in [1.54, 1.807) is 6.20 Å². The number of aliphatic hydroxyl groups excluding tert-OH is 1. The van der Waals surface area contributed by atoms with Crippen LogP contribution < -0.4 is 0 Å². The molecule has 19 heavy (non-hydrogen) atoms. The quantitative estimate of drug-likeness (QED) is 0.857. The van der Waals surface area contributed by atoms with Crippen LogP contribution in [0.15, 0.2) is 12.3 Å². The first-order valence-electron chi connectivity index (χ1n) is 7.25. The first-order valence-corrected chi connectivity index (χ1v) is 7.25. The van der Waals surface area contributed by atoms with Gasteiger partial charge in [-0.25, -0.2) is 0 Å². The number of aromatic amines is 1. The average Bonchev–Trinajstić information content (AvgIpc) is 2.92. The molecule has 1 aromatic rings. The topological polar surface area (TPSA) is 61.4 Å². The minimum Gasteiger partial charge on any atom is -0.392 e. The maximum Gasteiger partial charge on any atom is 0.0681 e. The number of likely N-dealkylation sites (tertiary alicyclic amines) is 1. The minimum absolute atomic E-state index is 0.0283. The van der Waals surface area contributed by atoms with Gasteiger partial charge in [-0.3, -0.25) is 10.00 Å². The van der Waals surface area contributed by atoms with Gasteiger partial charge in [0.2, 0.25) is 0 Å². The zero-order chi connectivity index (χ0) is 13.3. The molecule has 1 aliphatic carbocycles. The Balaban J connectivity index is 1.56. The Morgan fingerprint density at radius 1 is 1.53 bits per heavy atom. The summed E-state index contributed by atoms with van der Waals surface area (Å²) in [6, 6.07) is 2.02. The predicted molar refractivity (Wildman–Crippen MR) is 71.6 cm³/mol. The van der Waals surface area contributed by atoms with Crippen molar-refractivity contribution in [2.45, 2.75) is 44.9 Å². The van der Waals surface area contributed by atoms with Crippen LogP contribution in [0.25, 0.3) is 0 Å². The van der Waals surface area contributed by atoms with Gasteiger partial charge in [0.15, 0.2) is 0 Å². The van der Waals surface area contributed by atoms with Gasteiger partial charge in [-0.1, -0.05) is 0 Å². The highest BCUT2D eigenvalue weighted by atomic mass is 16.5. The molecule has 0 amide bonds. The highest BCUT2D eigenvalue weighted by molar-refractivity contribution is 5.07. The van der Waals surface area contributed by atoms with Crippen molar-refractivity contribution in [2.24, 2.45) is 5.41 Å². The smallest absolute Gasteiger partial charge is 0.0681 e. The monoisotopic (exact) mass is 265 g/mol. The summed E-state index contributed by atoms with van der Waals surface area (Å²) in [5.74, 6) is 0. The predicted octanol–water partition coefficient (Wildman–Crippen LogP) is 1.16. The van der Waals surface area contributed by atoms with Gasteiger partial charge in [-0.2, -0.15) is 5.10 Å². The molecule has 1 saturated carbocycles. The number of piperidine rings is 1. The van der Waals surface area contributed by atoms with Gasteiger partial charge in [-0.05, 0) is 38.9 Å². The van der Waals surface area contributed by atoms with Crippen LogP contribution in [0.4, 0.5) is 0 Å². The van der Waals surface area contributed by atoms with E-state index in [-0.39, 0.29) is 17.6 Å². The summed E-state index contributed by atoms with van der Waals surface area (Å²) in [7, 11) is 0. The summed E-state index contributed by atoms with van der Waals surface area (Å²) in [4.78, 5) is 2.42. The molecule has 2 atom stereocenters. The molecule has 1 aliphatic heterocycles. The second kappa shape index (κ2) is 5.23. The fraction of sp³-hybridized carbons (Fsp3) is 0.786. The van der Waals surface area contributed by atoms with E-state index in [9.17, 15) is 5.11 Å². The second-order valence-electron chi connectivity index (χ2n) is 5.79. The van der Waals surface area contributed by atoms with Crippen LogP contribution in [0.1, 0.15) is 31.9 Å². The van der Waals surface area contributed by atoms with Crippen LogP contribution in [0.3, 0.4) is 0 Å². The molecular formula is C14H23N3O2. The molecule has 3 rings (SSSR count). The van der Waals surface area contributed by atoms with Crippen molar-refractivity contribution in [3.05, 3.63) is 18.0 Å². The Hall–Kier alpha value is -0.910. The van der Waals surface area contributed by atoms with Crippen LogP contribution in [0, 0.1) is 5.41 Å². The zero-order valence-corrected chi connectivity index (χ0v) is 11.5. The molecule has 2 heterocycles. The second-order valence-corrected chi connectivity index (χ2v) is 5.79. The number of nitrogens with zero attached hydrogens (tertiary/aromatic N) is 2. The Labute approximate surface area is 113 Å². The van der Waals surface area contributed by atoms with Gasteiger partial charge >= 0.3 is 0 Å². The third-order valence-electron chi connectivity index (χ3n) is 4.85. The minimum atomic E-state index is -0.168. The van der Waals surface area contributed by atoms with Crippen LogP contribution in [0.5, 0.6) is 0 Å². The third kappa shape index (κ3) is 2.30. The molecule has 1 aromatic heterocycles. The first kappa shape index (κ1) is 13.1. The van der Waals surface area contributed by atoms with Crippen molar-refractivity contribution in [2.75, 3.05) is 19.7 Å². The van der Waals surface area contributed by atoms with Crippen molar-refractivity contribution in [1.82, 2.24) is 15.1 Å². The molecule has 0 radical (unpaired) electrons. The van der Waals surface area contributed by atoms with Crippen molar-refractivity contribution in [3.8, 4) is 0 Å². The Morgan fingerprint density at radius 2 is 2.32 bits per heavy atom. The Bertz CT molecular complexity index is 397. The maximum atomic E-state index is 10.1. The lowest BCUT2D eigenvalue weighted by Gasteiger charge is -2.56. The molecule has 106 valence electrons. The SMILES string of the molecule is CCOC1CC(O)C12CCN(Cc1ccn[nH]1)CC2. The van der Waals surface area contributed by atoms with E-state index in [4.69, 9.17) is 4.74 Å². The fourth-order valence-electron chi connectivity index (χ4n) is 3.56. The van der Waals surface area contributed by atoms with E-state index in [0.29, 0.717) is 0 Å². The summed E-state index contributed by atoms with van der Waals surface area (Å²) in [5, 5.41) is 17.1. The summed E-state index contributed by atoms with van der Waals surface area (Å²) < 4.78 is 5.79. The molecule has 0 aromatic carbocycles. The van der Waals surface area contributed by atoms with E-state index in [1.807, 2.05) is 13.0 Å². The van der Waals surface area contributed by atoms with Gasteiger partial charge in [0.1, 0.15) is 0 Å². The number of ether oxygens (including phenoxy) is 1. The van der Waals surface area contributed by atoms with Crippen molar-refractivity contribution >= 4 is 0 Å². The molecule has 5 heteroatoms. The molecule has 2 aliphatic rings. The van der Waals surface area contributed by atoms with E-state index in [1.165, 1.54) is 0 Å². The van der Waals surface area contributed by atoms with Gasteiger partial charge in [-0.15, -0.1) is 0 Å². The normalized spacial score (nSPS) is 30.4. The van der Waals surface area contributed by atoms with Crippen molar-refractivity contribution in [3.63, 3.8) is 0 Å². The van der Waals surface area contributed by atoms with E-state index in [2.05, 4.69) is 15.1 Å². The van der Waals surface area contributed by atoms with Crippen LogP contribution in [-0.2, 0) is 11.3 Å². The highest BCUT2D eigenvalue weighted by Gasteiger charge is 2.55. The number of hydrogen-bond acceptors (Lipinski definition) is 4. The zero-order valence-electron chi connectivity index (χ0n) is 11.5. The van der Waals surface area contributed by atoms with Crippen LogP contribution >= 0.6 is 0 Å². The number of nitrogens with one attached hydrogen (secondary N) is 1. The van der Waals surface area contributed by atoms with E-state index >= 15 is 0 Å². The van der Waals surface area contributed by atoms with Crippen LogP contribution in [0.2, 0.25) is 0 Å². The lowest BCUT2D eigenvalue weighted by atomic mass is 9.58. The highest BCUT2D eigenvalue weighted by Crippen LogP contribution is 2.50. The van der Waals surface area contributed by atoms with Crippen molar-refractivity contribution < 1.29 is 9.84 Å². The number of hydrogen-bond donors (Lipinski definition) is 2. The summed E-state index contributed by atoms with van der Waals surface area (Å²) in [5.41, 5.74) is 1.19. The molecule has 2 fully saturated rings. The van der Waals surface area contributed by atoms with Gasteiger partial charge < -0.3 is 9.84 Å². The third-order valence-corrected chi connectivity index (χ3v) is 4.85. The maximum absolute atomic E-state index is 10.1. The van der Waals surface area contributed by atoms with E-state index in [0.717, 1.165) is 51.2 Å². The summed E-state index contributed by atoms with van der Waals surface area (Å²) in [6.45, 7) is 5.76. The van der Waals surface area contributed by atoms with Crippen LogP contribution in [-0.4, -0.2) is 52.1 Å². The lowest BCUT2D eigenvalue weighted by molar-refractivity contribution is -0.209. The largest absolute Gasteiger partial charge is 0.392 e. The molecule has 2 N–H and O–H groups in total. The number of rotatable bonds is 4. The Kier molecular flexibility index (Phi) is 3.60. The summed E-state index contributed by atoms with van der Waals surface area (Å²) in [6.07, 6.45) is 4.77. The van der Waals surface area contributed by atoms with Crippen molar-refractivity contribution in [1.29, 1.82) is 0 Å². The molecular weight excluding hydrogens is 242 g/mol. The molecule has 1 saturated heterocycles. The number of H-pyrrole nitrogens is 1. The standard InChI is InChI=1S/C14H23N3O2/c1-2-19-13-9-12(18)14(13)4-7-17(8-5-14)10-11-3-6-15-16-11/h3,6,12-13,18H,2,4-5,7-10H2,1H3,(H,15,16). The van der Waals surface area contributed by atoms with Gasteiger partial charge in [0.05, 0.1) is 12.2 Å². The molecule has 2 unspecified atom stereocenters. The van der Waals surface area contributed by atoms with Gasteiger partial charge in [0.25, 0.3) is 0 Å². The molecule has 5 nitrogen and oxygen atoms in total. The summed E-state index contributed by atoms with van der Waals surface area (Å²) >= 11 is 0. The Morgan fingerprint density at radius 3 is 2.89 bits per heavy atom. The number of aromatic nitrogens is 2. The first-order chi connectivity index (χ1) is 9.24. The molecule has 1 spiro atoms.